The van der Waals surface area contributed by atoms with Gasteiger partial charge in [-0.25, -0.2) is 13.8 Å². The lowest BCUT2D eigenvalue weighted by molar-refractivity contribution is 0.364. The van der Waals surface area contributed by atoms with Crippen LogP contribution in [0.4, 0.5) is 14.5 Å². The monoisotopic (exact) mass is 281 g/mol. The van der Waals surface area contributed by atoms with Crippen molar-refractivity contribution in [2.45, 2.75) is 20.3 Å². The number of nitrogens with two attached hydrogens (primary N) is 1. The van der Waals surface area contributed by atoms with E-state index in [-0.39, 0.29) is 12.3 Å². The Morgan fingerprint density at radius 2 is 2.25 bits per heavy atom. The second-order valence-electron chi connectivity index (χ2n) is 4.02. The maximum Gasteiger partial charge on any atom is 0.219 e. The number of ether oxygens (including phenoxy) is 1. The molecule has 0 aliphatic heterocycles. The van der Waals surface area contributed by atoms with Gasteiger partial charge in [-0.1, -0.05) is 6.08 Å². The van der Waals surface area contributed by atoms with Crippen LogP contribution in [0.15, 0.2) is 48.4 Å². The summed E-state index contributed by atoms with van der Waals surface area (Å²) in [5.41, 5.74) is 3.79. The molecule has 0 unspecified atom stereocenters. The quantitative estimate of drug-likeness (QED) is 0.274. The molecule has 0 spiro atoms. The number of allylic oxidation sites excluding steroid dienone is 4. The first-order chi connectivity index (χ1) is 9.49. The molecule has 0 amide bonds. The summed E-state index contributed by atoms with van der Waals surface area (Å²) in [6.45, 7) is 6.33. The van der Waals surface area contributed by atoms with Crippen LogP contribution in [0.1, 0.15) is 18.9 Å². The van der Waals surface area contributed by atoms with Gasteiger partial charge in [-0.3, -0.25) is 5.84 Å². The Kier molecular flexibility index (Phi) is 5.86. The third kappa shape index (κ3) is 4.17. The topological polar surface area (TPSA) is 60.2 Å². The van der Waals surface area contributed by atoms with Gasteiger partial charge in [0.25, 0.3) is 0 Å². The van der Waals surface area contributed by atoms with E-state index in [2.05, 4.69) is 17.0 Å². The number of nitrogen functional groups attached to an aromatic ring is 1. The number of aromatic nitrogens is 1. The van der Waals surface area contributed by atoms with Crippen LogP contribution in [0.5, 0.6) is 5.88 Å². The van der Waals surface area contributed by atoms with Gasteiger partial charge in [-0.05, 0) is 31.9 Å². The van der Waals surface area contributed by atoms with Crippen molar-refractivity contribution in [2.75, 3.05) is 5.43 Å². The minimum absolute atomic E-state index is 0.0793. The number of pyridine rings is 1. The van der Waals surface area contributed by atoms with Crippen molar-refractivity contribution in [1.82, 2.24) is 4.98 Å². The molecule has 1 aromatic rings. The first kappa shape index (κ1) is 15.8. The Labute approximate surface area is 116 Å². The van der Waals surface area contributed by atoms with Crippen molar-refractivity contribution < 1.29 is 13.5 Å². The normalized spacial score (nSPS) is 12.8. The number of hydrazine groups is 1. The zero-order chi connectivity index (χ0) is 15.1. The van der Waals surface area contributed by atoms with Crippen LogP contribution in [0.25, 0.3) is 0 Å². The van der Waals surface area contributed by atoms with E-state index >= 15 is 0 Å². The Balaban J connectivity index is 3.01. The van der Waals surface area contributed by atoms with E-state index in [1.807, 2.05) is 0 Å². The molecule has 20 heavy (non-hydrogen) atoms. The fraction of sp³-hybridized carbons (Fsp3) is 0.214. The molecule has 4 nitrogen and oxygen atoms in total. The van der Waals surface area contributed by atoms with Gasteiger partial charge in [0.15, 0.2) is 11.6 Å². The van der Waals surface area contributed by atoms with Gasteiger partial charge in [0.2, 0.25) is 5.88 Å². The largest absolute Gasteiger partial charge is 0.433 e. The highest BCUT2D eigenvalue weighted by molar-refractivity contribution is 5.49. The molecule has 1 aromatic heterocycles. The number of rotatable bonds is 6. The van der Waals surface area contributed by atoms with Gasteiger partial charge in [-0.15, -0.1) is 6.58 Å². The summed E-state index contributed by atoms with van der Waals surface area (Å²) >= 11 is 0. The molecule has 1 heterocycles. The molecular formula is C14H17F2N3O. The van der Waals surface area contributed by atoms with Gasteiger partial charge in [0.05, 0.1) is 11.9 Å². The van der Waals surface area contributed by atoms with Crippen LogP contribution in [0.3, 0.4) is 0 Å². The summed E-state index contributed by atoms with van der Waals surface area (Å²) in [5, 5.41) is 0. The lowest BCUT2D eigenvalue weighted by Crippen LogP contribution is -2.09. The lowest BCUT2D eigenvalue weighted by atomic mass is 10.2. The average Bonchev–Trinajstić information content (AvgIpc) is 2.42. The maximum absolute atomic E-state index is 13.8. The van der Waals surface area contributed by atoms with E-state index in [1.165, 1.54) is 24.4 Å². The number of nitrogens with one attached hydrogen (secondary N) is 1. The van der Waals surface area contributed by atoms with Crippen molar-refractivity contribution in [3.63, 3.8) is 0 Å². The number of hydrogen-bond acceptors (Lipinski definition) is 4. The van der Waals surface area contributed by atoms with Crippen LogP contribution in [0, 0.1) is 6.92 Å². The summed E-state index contributed by atoms with van der Waals surface area (Å²) in [6, 6.07) is 1.53. The SMILES string of the molecule is C=CC/C=C(F)\C(Oc1cc(C)c(NN)cn1)=C(/C)F. The van der Waals surface area contributed by atoms with Crippen molar-refractivity contribution in [3.8, 4) is 5.88 Å². The van der Waals surface area contributed by atoms with Crippen LogP contribution >= 0.6 is 0 Å². The lowest BCUT2D eigenvalue weighted by Gasteiger charge is -2.10. The molecule has 0 saturated carbocycles. The molecule has 3 N–H and O–H groups in total. The number of aryl methyl sites for hydroxylation is 1. The van der Waals surface area contributed by atoms with Crippen molar-refractivity contribution in [2.24, 2.45) is 5.84 Å². The molecule has 0 fully saturated rings. The number of halogens is 2. The Bertz CT molecular complexity index is 549. The van der Waals surface area contributed by atoms with E-state index in [0.717, 1.165) is 12.5 Å². The molecule has 108 valence electrons. The van der Waals surface area contributed by atoms with E-state index in [1.54, 1.807) is 6.92 Å². The highest BCUT2D eigenvalue weighted by Gasteiger charge is 2.13. The number of hydrogen-bond donors (Lipinski definition) is 2. The summed E-state index contributed by atoms with van der Waals surface area (Å²) in [6.07, 6.45) is 4.36. The predicted molar refractivity (Wildman–Crippen MR) is 75.2 cm³/mol. The fourth-order valence-electron chi connectivity index (χ4n) is 1.40. The summed E-state index contributed by atoms with van der Waals surface area (Å²) in [7, 11) is 0. The third-order valence-corrected chi connectivity index (χ3v) is 2.44. The molecule has 6 heteroatoms. The van der Waals surface area contributed by atoms with Crippen molar-refractivity contribution in [1.29, 1.82) is 0 Å². The van der Waals surface area contributed by atoms with Crippen LogP contribution in [-0.4, -0.2) is 4.98 Å². The van der Waals surface area contributed by atoms with Crippen LogP contribution in [0.2, 0.25) is 0 Å². The van der Waals surface area contributed by atoms with E-state index in [0.29, 0.717) is 5.69 Å². The molecule has 1 rings (SSSR count). The number of nitrogens with zero attached hydrogens (tertiary/aromatic N) is 1. The van der Waals surface area contributed by atoms with Crippen molar-refractivity contribution >= 4 is 5.69 Å². The molecule has 0 saturated heterocycles. The van der Waals surface area contributed by atoms with Gasteiger partial charge in [-0.2, -0.15) is 0 Å². The third-order valence-electron chi connectivity index (χ3n) is 2.44. The maximum atomic E-state index is 13.8. The number of anilines is 1. The smallest absolute Gasteiger partial charge is 0.219 e. The molecule has 0 radical (unpaired) electrons. The second kappa shape index (κ2) is 7.40. The summed E-state index contributed by atoms with van der Waals surface area (Å²) in [5.74, 6) is 3.29. The Morgan fingerprint density at radius 3 is 2.75 bits per heavy atom. The highest BCUT2D eigenvalue weighted by Crippen LogP contribution is 2.24. The van der Waals surface area contributed by atoms with Gasteiger partial charge in [0.1, 0.15) is 5.83 Å². The fourth-order valence-corrected chi connectivity index (χ4v) is 1.40. The summed E-state index contributed by atoms with van der Waals surface area (Å²) in [4.78, 5) is 3.92. The predicted octanol–water partition coefficient (Wildman–Crippen LogP) is 3.68. The standard InChI is InChI=1S/C14H17F2N3O/c1-4-5-6-11(16)14(10(3)15)20-13-7-9(2)12(19-17)8-18-13/h4,6-8,19H,1,5,17H2,2-3H3/b11-6+,14-10-. The average molecular weight is 281 g/mol. The molecule has 0 aliphatic carbocycles. The minimum Gasteiger partial charge on any atom is -0.433 e. The van der Waals surface area contributed by atoms with Crippen molar-refractivity contribution in [3.05, 3.63) is 54.0 Å². The molecular weight excluding hydrogens is 264 g/mol. The second-order valence-corrected chi connectivity index (χ2v) is 4.02. The first-order valence-corrected chi connectivity index (χ1v) is 5.94. The molecule has 0 aromatic carbocycles. The summed E-state index contributed by atoms with van der Waals surface area (Å²) < 4.78 is 32.3. The highest BCUT2D eigenvalue weighted by atomic mass is 19.1. The Morgan fingerprint density at radius 1 is 1.55 bits per heavy atom. The van der Waals surface area contributed by atoms with Crippen LogP contribution in [-0.2, 0) is 0 Å². The molecule has 0 aliphatic rings. The molecule has 0 bridgehead atoms. The molecule has 0 atom stereocenters. The minimum atomic E-state index is -0.801. The van der Waals surface area contributed by atoms with Gasteiger partial charge < -0.3 is 10.2 Å². The van der Waals surface area contributed by atoms with Crippen LogP contribution < -0.4 is 16.0 Å². The Hall–Kier alpha value is -2.21. The first-order valence-electron chi connectivity index (χ1n) is 5.94. The zero-order valence-corrected chi connectivity index (χ0v) is 11.4. The zero-order valence-electron chi connectivity index (χ0n) is 11.4. The van der Waals surface area contributed by atoms with Gasteiger partial charge >= 0.3 is 0 Å². The van der Waals surface area contributed by atoms with E-state index < -0.39 is 17.4 Å². The van der Waals surface area contributed by atoms with Gasteiger partial charge in [0, 0.05) is 6.07 Å². The van der Waals surface area contributed by atoms with E-state index in [9.17, 15) is 8.78 Å². The van der Waals surface area contributed by atoms with E-state index in [4.69, 9.17) is 10.6 Å².